The van der Waals surface area contributed by atoms with E-state index in [9.17, 15) is 9.59 Å². The lowest BCUT2D eigenvalue weighted by Gasteiger charge is -2.17. The fourth-order valence-corrected chi connectivity index (χ4v) is 2.94. The van der Waals surface area contributed by atoms with Gasteiger partial charge in [-0.15, -0.1) is 0 Å². The van der Waals surface area contributed by atoms with Crippen molar-refractivity contribution in [3.63, 3.8) is 0 Å². The van der Waals surface area contributed by atoms with Crippen molar-refractivity contribution in [2.75, 3.05) is 24.4 Å². The average Bonchev–Trinajstić information content (AvgIpc) is 2.73. The molecule has 0 saturated carbocycles. The lowest BCUT2D eigenvalue weighted by molar-refractivity contribution is -0.114. The maximum absolute atomic E-state index is 12.3. The van der Waals surface area contributed by atoms with Crippen molar-refractivity contribution >= 4 is 34.8 Å². The molecule has 2 aromatic rings. The first-order valence-electron chi connectivity index (χ1n) is 9.50. The molecule has 0 fully saturated rings. The minimum absolute atomic E-state index is 0.127. The van der Waals surface area contributed by atoms with Gasteiger partial charge in [-0.1, -0.05) is 18.2 Å². The van der Waals surface area contributed by atoms with Gasteiger partial charge in [0, 0.05) is 41.6 Å². The Balaban J connectivity index is 1.66. The Hall–Kier alpha value is -3.80. The van der Waals surface area contributed by atoms with Crippen LogP contribution in [0.2, 0.25) is 0 Å². The molecule has 1 aliphatic rings. The largest absolute Gasteiger partial charge is 0.496 e. The number of hydrogen-bond acceptors (Lipinski definition) is 4. The molecule has 1 heterocycles. The summed E-state index contributed by atoms with van der Waals surface area (Å²) in [6.07, 6.45) is 7.09. The summed E-state index contributed by atoms with van der Waals surface area (Å²) in [5.41, 5.74) is 4.13. The number of allylic oxidation sites excluding steroid dienone is 3. The minimum Gasteiger partial charge on any atom is -0.496 e. The lowest BCUT2D eigenvalue weighted by Crippen LogP contribution is -2.08. The van der Waals surface area contributed by atoms with Crippen molar-refractivity contribution in [2.45, 2.75) is 13.8 Å². The van der Waals surface area contributed by atoms with Crippen LogP contribution >= 0.6 is 0 Å². The molecule has 30 heavy (non-hydrogen) atoms. The predicted molar refractivity (Wildman–Crippen MR) is 119 cm³/mol. The molecule has 2 N–H and O–H groups in total. The maximum Gasteiger partial charge on any atom is 0.248 e. The molecule has 0 spiro atoms. The number of benzene rings is 2. The van der Waals surface area contributed by atoms with Gasteiger partial charge in [0.15, 0.2) is 0 Å². The van der Waals surface area contributed by atoms with Crippen LogP contribution in [-0.2, 0) is 14.3 Å². The molecule has 0 aliphatic carbocycles. The zero-order valence-corrected chi connectivity index (χ0v) is 17.2. The summed E-state index contributed by atoms with van der Waals surface area (Å²) in [6, 6.07) is 12.7. The van der Waals surface area contributed by atoms with Crippen LogP contribution in [0.4, 0.5) is 11.4 Å². The smallest absolute Gasteiger partial charge is 0.248 e. The normalized spacial score (nSPS) is 13.2. The summed E-state index contributed by atoms with van der Waals surface area (Å²) < 4.78 is 11.1. The van der Waals surface area contributed by atoms with Crippen molar-refractivity contribution in [2.24, 2.45) is 0 Å². The van der Waals surface area contributed by atoms with Crippen molar-refractivity contribution < 1.29 is 19.1 Å². The highest BCUT2D eigenvalue weighted by Gasteiger charge is 2.13. The topological polar surface area (TPSA) is 76.7 Å². The van der Waals surface area contributed by atoms with Gasteiger partial charge in [0.25, 0.3) is 0 Å². The maximum atomic E-state index is 12.3. The van der Waals surface area contributed by atoms with E-state index < -0.39 is 0 Å². The van der Waals surface area contributed by atoms with E-state index in [-0.39, 0.29) is 11.8 Å². The Bertz CT molecular complexity index is 1030. The molecule has 0 atom stereocenters. The van der Waals surface area contributed by atoms with E-state index in [1.807, 2.05) is 43.3 Å². The van der Waals surface area contributed by atoms with Crippen LogP contribution < -0.4 is 15.4 Å². The van der Waals surface area contributed by atoms with Gasteiger partial charge in [0.05, 0.1) is 12.9 Å². The molecule has 0 unspecified atom stereocenters. The molecule has 0 radical (unpaired) electrons. The molecule has 6 heteroatoms. The number of nitrogens with one attached hydrogen (secondary N) is 2. The highest BCUT2D eigenvalue weighted by Crippen LogP contribution is 2.31. The molecular weight excluding hydrogens is 380 g/mol. The van der Waals surface area contributed by atoms with Gasteiger partial charge in [0.2, 0.25) is 11.8 Å². The van der Waals surface area contributed by atoms with Crippen LogP contribution in [0.5, 0.6) is 5.75 Å². The second-order valence-electron chi connectivity index (χ2n) is 6.80. The number of ether oxygens (including phenoxy) is 2. The fourth-order valence-electron chi connectivity index (χ4n) is 2.94. The lowest BCUT2D eigenvalue weighted by atomic mass is 10.0. The number of carbonyl (C=O) groups excluding carboxylic acids is 2. The van der Waals surface area contributed by atoms with E-state index >= 15 is 0 Å². The number of anilines is 2. The van der Waals surface area contributed by atoms with Gasteiger partial charge in [-0.3, -0.25) is 9.59 Å². The SMILES string of the molecule is COc1cc(NC(=O)/C=C/c2ccc(NC(C)=O)cc2)ccc1C1=CC=C(C)OC1. The van der Waals surface area contributed by atoms with E-state index in [1.165, 1.54) is 13.0 Å². The third kappa shape index (κ3) is 5.61. The van der Waals surface area contributed by atoms with Gasteiger partial charge in [-0.05, 0) is 48.9 Å². The zero-order valence-electron chi connectivity index (χ0n) is 17.2. The second kappa shape index (κ2) is 9.60. The van der Waals surface area contributed by atoms with Crippen LogP contribution in [0.1, 0.15) is 25.0 Å². The minimum atomic E-state index is -0.255. The first kappa shape index (κ1) is 20.9. The Morgan fingerprint density at radius 3 is 2.40 bits per heavy atom. The van der Waals surface area contributed by atoms with E-state index in [1.54, 1.807) is 31.4 Å². The number of amides is 2. The highest BCUT2D eigenvalue weighted by molar-refractivity contribution is 6.02. The molecule has 3 rings (SSSR count). The average molecular weight is 404 g/mol. The predicted octanol–water partition coefficient (Wildman–Crippen LogP) is 4.62. The highest BCUT2D eigenvalue weighted by atomic mass is 16.5. The summed E-state index contributed by atoms with van der Waals surface area (Å²) in [7, 11) is 1.60. The Labute approximate surface area is 175 Å². The third-order valence-electron chi connectivity index (χ3n) is 4.45. The zero-order chi connectivity index (χ0) is 21.5. The van der Waals surface area contributed by atoms with Gasteiger partial charge in [-0.25, -0.2) is 0 Å². The van der Waals surface area contributed by atoms with Crippen LogP contribution in [0.15, 0.2) is 66.5 Å². The van der Waals surface area contributed by atoms with Crippen LogP contribution in [0.3, 0.4) is 0 Å². The Kier molecular flexibility index (Phi) is 6.70. The van der Waals surface area contributed by atoms with E-state index in [0.717, 1.165) is 22.5 Å². The number of hydrogen-bond donors (Lipinski definition) is 2. The third-order valence-corrected chi connectivity index (χ3v) is 4.45. The van der Waals surface area contributed by atoms with Gasteiger partial charge < -0.3 is 20.1 Å². The van der Waals surface area contributed by atoms with Crippen molar-refractivity contribution in [3.8, 4) is 5.75 Å². The van der Waals surface area contributed by atoms with Crippen LogP contribution in [0.25, 0.3) is 11.6 Å². The van der Waals surface area contributed by atoms with Crippen molar-refractivity contribution in [1.29, 1.82) is 0 Å². The van der Waals surface area contributed by atoms with Gasteiger partial charge in [-0.2, -0.15) is 0 Å². The molecule has 6 nitrogen and oxygen atoms in total. The first-order chi connectivity index (χ1) is 14.4. The standard InChI is InChI=1S/C24H24N2O4/c1-16-4-8-19(15-30-16)22-12-11-21(14-23(22)29-3)26-24(28)13-7-18-5-9-20(10-6-18)25-17(2)27/h4-14H,15H2,1-3H3,(H,25,27)(H,26,28)/b13-7+. The van der Waals surface area contributed by atoms with Gasteiger partial charge >= 0.3 is 0 Å². The Morgan fingerprint density at radius 1 is 1.03 bits per heavy atom. The molecule has 2 aromatic carbocycles. The summed E-state index contributed by atoms with van der Waals surface area (Å²) in [5, 5.41) is 5.54. The van der Waals surface area contributed by atoms with Crippen LogP contribution in [0, 0.1) is 0 Å². The molecule has 1 aliphatic heterocycles. The Morgan fingerprint density at radius 2 is 1.77 bits per heavy atom. The van der Waals surface area contributed by atoms with E-state index in [4.69, 9.17) is 9.47 Å². The summed E-state index contributed by atoms with van der Waals surface area (Å²) in [5.74, 6) is 1.15. The van der Waals surface area contributed by atoms with Crippen LogP contribution in [-0.4, -0.2) is 25.5 Å². The van der Waals surface area contributed by atoms with E-state index in [2.05, 4.69) is 10.6 Å². The van der Waals surface area contributed by atoms with Crippen molar-refractivity contribution in [1.82, 2.24) is 0 Å². The fraction of sp³-hybridized carbons (Fsp3) is 0.167. The first-order valence-corrected chi connectivity index (χ1v) is 9.50. The molecule has 154 valence electrons. The number of methoxy groups -OCH3 is 1. The molecule has 2 amide bonds. The summed E-state index contributed by atoms with van der Waals surface area (Å²) >= 11 is 0. The summed E-state index contributed by atoms with van der Waals surface area (Å²) in [6.45, 7) is 3.85. The second-order valence-corrected chi connectivity index (χ2v) is 6.80. The number of carbonyl (C=O) groups is 2. The van der Waals surface area contributed by atoms with Gasteiger partial charge in [0.1, 0.15) is 12.4 Å². The quantitative estimate of drug-likeness (QED) is 0.689. The molecule has 0 saturated heterocycles. The monoisotopic (exact) mass is 404 g/mol. The van der Waals surface area contributed by atoms with E-state index in [0.29, 0.717) is 23.7 Å². The van der Waals surface area contributed by atoms with Crippen molar-refractivity contribution in [3.05, 3.63) is 77.6 Å². The number of rotatable bonds is 6. The molecule has 0 aromatic heterocycles. The molecule has 0 bridgehead atoms. The summed E-state index contributed by atoms with van der Waals surface area (Å²) in [4.78, 5) is 23.3. The molecular formula is C24H24N2O4.